The van der Waals surface area contributed by atoms with Crippen LogP contribution in [0.2, 0.25) is 5.02 Å². The van der Waals surface area contributed by atoms with Crippen LogP contribution in [0, 0.1) is 0 Å². The summed E-state index contributed by atoms with van der Waals surface area (Å²) >= 11 is 11.2. The molecule has 0 spiro atoms. The molecule has 5 nitrogen and oxygen atoms in total. The van der Waals surface area contributed by atoms with Gasteiger partial charge in [-0.3, -0.25) is 14.9 Å². The van der Waals surface area contributed by atoms with Gasteiger partial charge in [-0.15, -0.1) is 0 Å². The van der Waals surface area contributed by atoms with Gasteiger partial charge in [-0.05, 0) is 77.8 Å². The second kappa shape index (κ2) is 9.94. The van der Waals surface area contributed by atoms with Crippen molar-refractivity contribution in [2.24, 2.45) is 0 Å². The van der Waals surface area contributed by atoms with E-state index in [1.165, 1.54) is 0 Å². The summed E-state index contributed by atoms with van der Waals surface area (Å²) in [6.07, 6.45) is 0. The molecule has 0 fully saturated rings. The van der Waals surface area contributed by atoms with Gasteiger partial charge in [-0.2, -0.15) is 0 Å². The molecule has 2 amide bonds. The highest BCUT2D eigenvalue weighted by Gasteiger charge is 2.21. The molecule has 0 aliphatic carbocycles. The molecular weight excluding hydrogens is 442 g/mol. The van der Waals surface area contributed by atoms with Crippen LogP contribution in [0.15, 0.2) is 72.8 Å². The quantitative estimate of drug-likeness (QED) is 0.412. The average Bonchev–Trinajstić information content (AvgIpc) is 2.75. The summed E-state index contributed by atoms with van der Waals surface area (Å²) in [4.78, 5) is 25.1. The van der Waals surface area contributed by atoms with Gasteiger partial charge in [0.15, 0.2) is 5.11 Å². The molecule has 0 aliphatic heterocycles. The van der Waals surface area contributed by atoms with Gasteiger partial charge >= 0.3 is 0 Å². The fourth-order valence-corrected chi connectivity index (χ4v) is 3.45. The number of halogens is 1. The number of hydrogen-bond acceptors (Lipinski definition) is 3. The second-order valence-electron chi connectivity index (χ2n) is 8.24. The van der Waals surface area contributed by atoms with Gasteiger partial charge in [0.1, 0.15) is 0 Å². The number of thiocarbonyl (C=S) groups is 1. The van der Waals surface area contributed by atoms with Crippen LogP contribution in [-0.4, -0.2) is 16.9 Å². The molecule has 0 saturated carbocycles. The zero-order valence-electron chi connectivity index (χ0n) is 18.0. The lowest BCUT2D eigenvalue weighted by Gasteiger charge is -2.22. The van der Waals surface area contributed by atoms with Crippen molar-refractivity contribution in [2.75, 3.05) is 10.6 Å². The van der Waals surface area contributed by atoms with Crippen LogP contribution in [0.25, 0.3) is 0 Å². The zero-order valence-corrected chi connectivity index (χ0v) is 19.6. The van der Waals surface area contributed by atoms with E-state index in [0.29, 0.717) is 27.5 Å². The van der Waals surface area contributed by atoms with E-state index in [2.05, 4.69) is 36.7 Å². The van der Waals surface area contributed by atoms with E-state index in [1.54, 1.807) is 54.6 Å². The number of anilines is 2. The molecule has 0 unspecified atom stereocenters. The fraction of sp³-hybridized carbons (Fsp3) is 0.160. The van der Waals surface area contributed by atoms with Crippen LogP contribution in [0.1, 0.15) is 47.1 Å². The van der Waals surface area contributed by atoms with Crippen LogP contribution in [-0.2, 0) is 5.41 Å². The molecule has 3 N–H and O–H groups in total. The Morgan fingerprint density at radius 3 is 1.94 bits per heavy atom. The first-order chi connectivity index (χ1) is 15.1. The van der Waals surface area contributed by atoms with Crippen molar-refractivity contribution in [2.45, 2.75) is 26.2 Å². The Morgan fingerprint density at radius 1 is 0.781 bits per heavy atom. The standard InChI is InChI=1S/C25H24ClN3O2S/c1-25(2,3)21-7-5-4-6-20(21)23(31)29-24(32)28-19-14-12-18(13-15-19)27-22(30)16-8-10-17(26)11-9-16/h4-15H,1-3H3,(H,27,30)(H2,28,29,31,32). The van der Waals surface area contributed by atoms with E-state index in [4.69, 9.17) is 23.8 Å². The third kappa shape index (κ3) is 6.15. The Labute approximate surface area is 198 Å². The van der Waals surface area contributed by atoms with Crippen LogP contribution in [0.5, 0.6) is 0 Å². The van der Waals surface area contributed by atoms with Crippen molar-refractivity contribution < 1.29 is 9.59 Å². The minimum atomic E-state index is -0.264. The maximum Gasteiger partial charge on any atom is 0.257 e. The number of nitrogens with one attached hydrogen (secondary N) is 3. The van der Waals surface area contributed by atoms with Gasteiger partial charge in [-0.25, -0.2) is 0 Å². The number of hydrogen-bond donors (Lipinski definition) is 3. The summed E-state index contributed by atoms with van der Waals surface area (Å²) in [6, 6.07) is 21.2. The first-order valence-corrected chi connectivity index (χ1v) is 10.8. The maximum absolute atomic E-state index is 12.7. The number of amides is 2. The fourth-order valence-electron chi connectivity index (χ4n) is 3.11. The highest BCUT2D eigenvalue weighted by molar-refractivity contribution is 7.80. The monoisotopic (exact) mass is 465 g/mol. The van der Waals surface area contributed by atoms with Crippen molar-refractivity contribution in [3.05, 3.63) is 94.5 Å². The van der Waals surface area contributed by atoms with E-state index in [9.17, 15) is 9.59 Å². The SMILES string of the molecule is CC(C)(C)c1ccccc1C(=O)NC(=S)Nc1ccc(NC(=O)c2ccc(Cl)cc2)cc1. The van der Waals surface area contributed by atoms with Crippen LogP contribution < -0.4 is 16.0 Å². The molecule has 3 rings (SSSR count). The minimum Gasteiger partial charge on any atom is -0.332 e. The van der Waals surface area contributed by atoms with Crippen LogP contribution >= 0.6 is 23.8 Å². The maximum atomic E-state index is 12.7. The first-order valence-electron chi connectivity index (χ1n) is 10.0. The predicted molar refractivity (Wildman–Crippen MR) is 135 cm³/mol. The molecule has 0 aliphatic rings. The van der Waals surface area contributed by atoms with Gasteiger partial charge in [0.2, 0.25) is 0 Å². The molecule has 3 aromatic carbocycles. The third-order valence-corrected chi connectivity index (χ3v) is 5.17. The highest BCUT2D eigenvalue weighted by Crippen LogP contribution is 2.25. The van der Waals surface area contributed by atoms with E-state index in [1.807, 2.05) is 18.2 Å². The Balaban J connectivity index is 1.60. The zero-order chi connectivity index (χ0) is 23.3. The Kier molecular flexibility index (Phi) is 7.28. The van der Waals surface area contributed by atoms with Crippen LogP contribution in [0.4, 0.5) is 11.4 Å². The van der Waals surface area contributed by atoms with Crippen molar-refractivity contribution in [3.8, 4) is 0 Å². The topological polar surface area (TPSA) is 70.2 Å². The van der Waals surface area contributed by atoms with Crippen molar-refractivity contribution in [3.63, 3.8) is 0 Å². The molecular formula is C25H24ClN3O2S. The molecule has 0 atom stereocenters. The van der Waals surface area contributed by atoms with Gasteiger partial charge < -0.3 is 10.6 Å². The number of benzene rings is 3. The summed E-state index contributed by atoms with van der Waals surface area (Å²) in [7, 11) is 0. The molecule has 3 aromatic rings. The predicted octanol–water partition coefficient (Wildman–Crippen LogP) is 6.02. The summed E-state index contributed by atoms with van der Waals surface area (Å²) < 4.78 is 0. The Morgan fingerprint density at radius 2 is 1.34 bits per heavy atom. The van der Waals surface area contributed by atoms with Gasteiger partial charge in [0.25, 0.3) is 11.8 Å². The molecule has 0 bridgehead atoms. The van der Waals surface area contributed by atoms with Gasteiger partial charge in [0.05, 0.1) is 0 Å². The van der Waals surface area contributed by atoms with Crippen molar-refractivity contribution in [1.29, 1.82) is 0 Å². The van der Waals surface area contributed by atoms with E-state index < -0.39 is 0 Å². The molecule has 0 aromatic heterocycles. The van der Waals surface area contributed by atoms with E-state index in [0.717, 1.165) is 5.56 Å². The van der Waals surface area contributed by atoms with Gasteiger partial charge in [0, 0.05) is 27.5 Å². The van der Waals surface area contributed by atoms with Crippen molar-refractivity contribution >= 4 is 52.1 Å². The molecule has 164 valence electrons. The highest BCUT2D eigenvalue weighted by atomic mass is 35.5. The molecule has 7 heteroatoms. The summed E-state index contributed by atoms with van der Waals surface area (Å²) in [5, 5.41) is 9.30. The lowest BCUT2D eigenvalue weighted by molar-refractivity contribution is 0.0974. The van der Waals surface area contributed by atoms with Gasteiger partial charge in [-0.1, -0.05) is 50.6 Å². The second-order valence-corrected chi connectivity index (χ2v) is 9.09. The van der Waals surface area contributed by atoms with Crippen LogP contribution in [0.3, 0.4) is 0 Å². The molecule has 0 saturated heterocycles. The first kappa shape index (κ1) is 23.4. The van der Waals surface area contributed by atoms with Crippen molar-refractivity contribution in [1.82, 2.24) is 5.32 Å². The largest absolute Gasteiger partial charge is 0.332 e. The summed E-state index contributed by atoms with van der Waals surface area (Å²) in [5.41, 5.74) is 3.19. The van der Waals surface area contributed by atoms with E-state index >= 15 is 0 Å². The third-order valence-electron chi connectivity index (χ3n) is 4.71. The average molecular weight is 466 g/mol. The minimum absolute atomic E-state index is 0.171. The lowest BCUT2D eigenvalue weighted by Crippen LogP contribution is -2.35. The molecule has 32 heavy (non-hydrogen) atoms. The summed E-state index contributed by atoms with van der Waals surface area (Å²) in [5.74, 6) is -0.498. The Hall–Kier alpha value is -3.22. The normalized spacial score (nSPS) is 10.9. The number of carbonyl (C=O) groups excluding carboxylic acids is 2. The smallest absolute Gasteiger partial charge is 0.257 e. The Bertz CT molecular complexity index is 1140. The number of carbonyl (C=O) groups is 2. The van der Waals surface area contributed by atoms with E-state index in [-0.39, 0.29) is 22.3 Å². The molecule has 0 heterocycles. The molecule has 0 radical (unpaired) electrons. The lowest BCUT2D eigenvalue weighted by atomic mass is 9.83. The summed E-state index contributed by atoms with van der Waals surface area (Å²) in [6.45, 7) is 6.18. The number of rotatable bonds is 4.